The number of methoxy groups -OCH3 is 2. The van der Waals surface area contributed by atoms with Crippen LogP contribution in [-0.2, 0) is 26.2 Å². The van der Waals surface area contributed by atoms with E-state index >= 15 is 0 Å². The van der Waals surface area contributed by atoms with Crippen LogP contribution in [-0.4, -0.2) is 80.8 Å². The molecule has 2 saturated heterocycles. The second-order valence-corrected chi connectivity index (χ2v) is 10.3. The fraction of sp³-hybridized carbons (Fsp3) is 0.417. The predicted molar refractivity (Wildman–Crippen MR) is 125 cm³/mol. The molecule has 34 heavy (non-hydrogen) atoms. The molecule has 2 fully saturated rings. The van der Waals surface area contributed by atoms with Crippen molar-refractivity contribution in [3.8, 4) is 11.5 Å². The Morgan fingerprint density at radius 3 is 2.24 bits per heavy atom. The minimum absolute atomic E-state index is 0.0496. The van der Waals surface area contributed by atoms with E-state index in [-0.39, 0.29) is 29.8 Å². The quantitative estimate of drug-likeness (QED) is 0.552. The van der Waals surface area contributed by atoms with Crippen molar-refractivity contribution in [3.63, 3.8) is 0 Å². The summed E-state index contributed by atoms with van der Waals surface area (Å²) < 4.78 is 38.4. The van der Waals surface area contributed by atoms with Crippen LogP contribution in [0.25, 0.3) is 0 Å². The first-order valence-corrected chi connectivity index (χ1v) is 12.6. The summed E-state index contributed by atoms with van der Waals surface area (Å²) in [4.78, 5) is 28.8. The highest BCUT2D eigenvalue weighted by atomic mass is 32.2. The van der Waals surface area contributed by atoms with Crippen molar-refractivity contribution in [2.75, 3.05) is 40.4 Å². The van der Waals surface area contributed by atoms with Gasteiger partial charge in [-0.25, -0.2) is 8.42 Å². The Morgan fingerprint density at radius 2 is 1.59 bits per heavy atom. The van der Waals surface area contributed by atoms with E-state index in [9.17, 15) is 18.0 Å². The van der Waals surface area contributed by atoms with Crippen LogP contribution in [0, 0.1) is 0 Å². The second-order valence-electron chi connectivity index (χ2n) is 8.36. The van der Waals surface area contributed by atoms with Crippen molar-refractivity contribution in [1.82, 2.24) is 14.1 Å². The van der Waals surface area contributed by atoms with Gasteiger partial charge in [-0.3, -0.25) is 9.59 Å². The molecule has 0 atom stereocenters. The molecule has 0 bridgehead atoms. The lowest BCUT2D eigenvalue weighted by Gasteiger charge is -2.41. The summed E-state index contributed by atoms with van der Waals surface area (Å²) in [5.74, 6) is -0.353. The van der Waals surface area contributed by atoms with Crippen molar-refractivity contribution in [1.29, 1.82) is 0 Å². The highest BCUT2D eigenvalue weighted by molar-refractivity contribution is 7.89. The number of piperidine rings is 1. The Labute approximate surface area is 199 Å². The van der Waals surface area contributed by atoms with Gasteiger partial charge in [0, 0.05) is 44.8 Å². The maximum Gasteiger partial charge on any atom is 0.312 e. The fourth-order valence-electron chi connectivity index (χ4n) is 4.51. The number of piperazine rings is 1. The average molecular weight is 488 g/mol. The van der Waals surface area contributed by atoms with Crippen molar-refractivity contribution in [2.24, 2.45) is 0 Å². The Hall–Kier alpha value is -3.11. The highest BCUT2D eigenvalue weighted by Crippen LogP contribution is 2.32. The van der Waals surface area contributed by atoms with Crippen molar-refractivity contribution in [3.05, 3.63) is 54.1 Å². The second kappa shape index (κ2) is 10.0. The zero-order chi connectivity index (χ0) is 24.3. The molecule has 2 heterocycles. The third kappa shape index (κ3) is 4.74. The van der Waals surface area contributed by atoms with Gasteiger partial charge < -0.3 is 19.3 Å². The molecule has 10 heteroatoms. The fourth-order valence-corrected chi connectivity index (χ4v) is 6.15. The largest absolute Gasteiger partial charge is 0.497 e. The van der Waals surface area contributed by atoms with E-state index in [1.54, 1.807) is 21.9 Å². The molecule has 0 saturated carbocycles. The van der Waals surface area contributed by atoms with Gasteiger partial charge >= 0.3 is 11.8 Å². The molecule has 182 valence electrons. The normalized spacial score (nSPS) is 18.3. The number of rotatable bonds is 7. The molecule has 0 spiro atoms. The maximum absolute atomic E-state index is 13.3. The van der Waals surface area contributed by atoms with Crippen LogP contribution in [0.1, 0.15) is 18.4 Å². The number of carbonyl (C=O) groups is 2. The molecular weight excluding hydrogens is 458 g/mol. The minimum Gasteiger partial charge on any atom is -0.497 e. The van der Waals surface area contributed by atoms with Gasteiger partial charge in [-0.1, -0.05) is 30.3 Å². The Kier molecular flexibility index (Phi) is 7.08. The van der Waals surface area contributed by atoms with Gasteiger partial charge in [0.1, 0.15) is 16.4 Å². The Balaban J connectivity index is 1.40. The number of nitrogens with zero attached hydrogens (tertiary/aromatic N) is 3. The van der Waals surface area contributed by atoms with Crippen LogP contribution in [0.3, 0.4) is 0 Å². The number of ether oxygens (including phenoxy) is 2. The monoisotopic (exact) mass is 487 g/mol. The predicted octanol–water partition coefficient (Wildman–Crippen LogP) is 1.73. The average Bonchev–Trinajstić information content (AvgIpc) is 2.87. The standard InChI is InChI=1S/C24H29N3O6S/c1-32-20-8-9-21(33-2)22(16-20)34(30,31)26-12-10-19(11-13-26)27-15-14-25(23(28)24(27)29)17-18-6-4-3-5-7-18/h3-9,16,19H,10-15,17H2,1-2H3. The first-order valence-electron chi connectivity index (χ1n) is 11.2. The maximum atomic E-state index is 13.3. The van der Waals surface area contributed by atoms with E-state index < -0.39 is 21.8 Å². The van der Waals surface area contributed by atoms with Crippen LogP contribution in [0.15, 0.2) is 53.4 Å². The number of amides is 2. The van der Waals surface area contributed by atoms with Gasteiger partial charge in [-0.2, -0.15) is 4.31 Å². The highest BCUT2D eigenvalue weighted by Gasteiger charge is 2.39. The molecule has 0 aliphatic carbocycles. The van der Waals surface area contributed by atoms with E-state index in [0.717, 1.165) is 5.56 Å². The number of benzene rings is 2. The molecule has 4 rings (SSSR count). The summed E-state index contributed by atoms with van der Waals surface area (Å²) in [5, 5.41) is 0. The molecular formula is C24H29N3O6S. The van der Waals surface area contributed by atoms with Gasteiger partial charge in [0.2, 0.25) is 10.0 Å². The number of hydrogen-bond acceptors (Lipinski definition) is 6. The zero-order valence-corrected chi connectivity index (χ0v) is 20.2. The summed E-state index contributed by atoms with van der Waals surface area (Å²) in [5.41, 5.74) is 0.976. The van der Waals surface area contributed by atoms with Gasteiger partial charge in [0.25, 0.3) is 0 Å². The Morgan fingerprint density at radius 1 is 0.882 bits per heavy atom. The lowest BCUT2D eigenvalue weighted by molar-refractivity contribution is -0.158. The topological polar surface area (TPSA) is 96.5 Å². The molecule has 2 aromatic carbocycles. The van der Waals surface area contributed by atoms with Crippen LogP contribution < -0.4 is 9.47 Å². The van der Waals surface area contributed by atoms with Crippen molar-refractivity contribution in [2.45, 2.75) is 30.3 Å². The van der Waals surface area contributed by atoms with Crippen LogP contribution in [0.5, 0.6) is 11.5 Å². The van der Waals surface area contributed by atoms with Crippen molar-refractivity contribution < 1.29 is 27.5 Å². The van der Waals surface area contributed by atoms with Crippen LogP contribution >= 0.6 is 0 Å². The molecule has 0 unspecified atom stereocenters. The van der Waals surface area contributed by atoms with Crippen LogP contribution in [0.4, 0.5) is 0 Å². The summed E-state index contributed by atoms with van der Waals surface area (Å²) in [6.45, 7) is 1.80. The number of carbonyl (C=O) groups excluding carboxylic acids is 2. The smallest absolute Gasteiger partial charge is 0.312 e. The minimum atomic E-state index is -3.81. The summed E-state index contributed by atoms with van der Waals surface area (Å²) in [7, 11) is -0.912. The first kappa shape index (κ1) is 24.0. The van der Waals surface area contributed by atoms with Gasteiger partial charge in [-0.15, -0.1) is 0 Å². The van der Waals surface area contributed by atoms with E-state index in [4.69, 9.17) is 9.47 Å². The number of hydrogen-bond donors (Lipinski definition) is 0. The molecule has 0 aromatic heterocycles. The lowest BCUT2D eigenvalue weighted by atomic mass is 10.0. The first-order chi connectivity index (χ1) is 16.3. The van der Waals surface area contributed by atoms with Crippen molar-refractivity contribution >= 4 is 21.8 Å². The molecule has 2 amide bonds. The molecule has 2 aliphatic heterocycles. The molecule has 0 N–H and O–H groups in total. The third-order valence-electron chi connectivity index (χ3n) is 6.41. The van der Waals surface area contributed by atoms with E-state index in [1.807, 2.05) is 30.3 Å². The third-order valence-corrected chi connectivity index (χ3v) is 8.33. The molecule has 0 radical (unpaired) electrons. The van der Waals surface area contributed by atoms with E-state index in [1.165, 1.54) is 24.6 Å². The Bertz CT molecular complexity index is 1150. The molecule has 2 aromatic rings. The summed E-state index contributed by atoms with van der Waals surface area (Å²) >= 11 is 0. The van der Waals surface area contributed by atoms with Gasteiger partial charge in [0.05, 0.1) is 14.2 Å². The van der Waals surface area contributed by atoms with E-state index in [0.29, 0.717) is 38.2 Å². The lowest BCUT2D eigenvalue weighted by Crippen LogP contribution is -2.58. The molecule has 2 aliphatic rings. The summed E-state index contributed by atoms with van der Waals surface area (Å²) in [6, 6.07) is 14.1. The molecule has 9 nitrogen and oxygen atoms in total. The number of sulfonamides is 1. The van der Waals surface area contributed by atoms with Gasteiger partial charge in [0.15, 0.2) is 0 Å². The van der Waals surface area contributed by atoms with Gasteiger partial charge in [-0.05, 0) is 30.5 Å². The SMILES string of the molecule is COc1ccc(OC)c(S(=O)(=O)N2CCC(N3CCN(Cc4ccccc4)C(=O)C3=O)CC2)c1. The van der Waals surface area contributed by atoms with E-state index in [2.05, 4.69) is 0 Å². The summed E-state index contributed by atoms with van der Waals surface area (Å²) in [6.07, 6.45) is 0.923. The van der Waals surface area contributed by atoms with Crippen LogP contribution in [0.2, 0.25) is 0 Å². The zero-order valence-electron chi connectivity index (χ0n) is 19.3.